The van der Waals surface area contributed by atoms with Gasteiger partial charge in [-0.05, 0) is 37.1 Å². The van der Waals surface area contributed by atoms with E-state index in [1.165, 1.54) is 0 Å². The molecule has 0 atom stereocenters. The van der Waals surface area contributed by atoms with E-state index < -0.39 is 5.54 Å². The predicted octanol–water partition coefficient (Wildman–Crippen LogP) is 3.05. The van der Waals surface area contributed by atoms with Crippen molar-refractivity contribution in [2.24, 2.45) is 5.73 Å². The Bertz CT molecular complexity index is 1090. The van der Waals surface area contributed by atoms with E-state index in [0.717, 1.165) is 64.1 Å². The predicted molar refractivity (Wildman–Crippen MR) is 105 cm³/mol. The molecule has 1 aliphatic rings. The first-order valence-electron chi connectivity index (χ1n) is 8.60. The third-order valence-electron chi connectivity index (χ3n) is 5.20. The Labute approximate surface area is 158 Å². The Balaban J connectivity index is 1.42. The Morgan fingerprint density at radius 1 is 1.15 bits per heavy atom. The van der Waals surface area contributed by atoms with Gasteiger partial charge in [0, 0.05) is 23.8 Å². The monoisotopic (exact) mass is 411 g/mol. The van der Waals surface area contributed by atoms with Crippen LogP contribution in [-0.2, 0) is 5.54 Å². The molecule has 1 aliphatic heterocycles. The second kappa shape index (κ2) is 5.78. The molecule has 4 aromatic rings. The number of H-pyrrole nitrogens is 2. The number of piperidine rings is 1. The SMILES string of the molecule is NC1(c2nc3ccc(Br)cc3[nH]2)CCN(c2ncnc3[nH]ccc23)CC1. The van der Waals surface area contributed by atoms with Crippen LogP contribution in [0.1, 0.15) is 18.7 Å². The Hall–Kier alpha value is -2.45. The van der Waals surface area contributed by atoms with E-state index in [4.69, 9.17) is 10.7 Å². The van der Waals surface area contributed by atoms with Gasteiger partial charge in [0.05, 0.1) is 22.0 Å². The van der Waals surface area contributed by atoms with Crippen LogP contribution in [0.5, 0.6) is 0 Å². The first kappa shape index (κ1) is 15.8. The summed E-state index contributed by atoms with van der Waals surface area (Å²) < 4.78 is 1.03. The minimum atomic E-state index is -0.452. The summed E-state index contributed by atoms with van der Waals surface area (Å²) in [7, 11) is 0. The second-order valence-corrected chi connectivity index (χ2v) is 7.74. The zero-order valence-corrected chi connectivity index (χ0v) is 15.6. The number of imidazole rings is 1. The van der Waals surface area contributed by atoms with E-state index in [0.29, 0.717) is 0 Å². The molecule has 0 aliphatic carbocycles. The number of nitrogens with one attached hydrogen (secondary N) is 2. The Morgan fingerprint density at radius 2 is 2.00 bits per heavy atom. The lowest BCUT2D eigenvalue weighted by Crippen LogP contribution is -2.49. The first-order valence-corrected chi connectivity index (χ1v) is 9.39. The van der Waals surface area contributed by atoms with E-state index in [1.807, 2.05) is 30.5 Å². The summed E-state index contributed by atoms with van der Waals surface area (Å²) >= 11 is 3.50. The van der Waals surface area contributed by atoms with Crippen molar-refractivity contribution in [1.29, 1.82) is 0 Å². The number of aromatic nitrogens is 5. The summed E-state index contributed by atoms with van der Waals surface area (Å²) in [4.78, 5) is 22.3. The highest BCUT2D eigenvalue weighted by atomic mass is 79.9. The highest BCUT2D eigenvalue weighted by Crippen LogP contribution is 2.33. The molecule has 0 amide bonds. The van der Waals surface area contributed by atoms with Gasteiger partial charge in [-0.15, -0.1) is 0 Å². The summed E-state index contributed by atoms with van der Waals surface area (Å²) in [6.45, 7) is 1.66. The van der Waals surface area contributed by atoms with Crippen LogP contribution in [0.2, 0.25) is 0 Å². The lowest BCUT2D eigenvalue weighted by Gasteiger charge is -2.38. The van der Waals surface area contributed by atoms with Crippen molar-refractivity contribution in [3.05, 3.63) is 47.1 Å². The minimum Gasteiger partial charge on any atom is -0.356 e. The van der Waals surface area contributed by atoms with E-state index in [-0.39, 0.29) is 0 Å². The van der Waals surface area contributed by atoms with E-state index in [1.54, 1.807) is 6.33 Å². The fraction of sp³-hybridized carbons (Fsp3) is 0.278. The molecular weight excluding hydrogens is 394 g/mol. The number of hydrogen-bond donors (Lipinski definition) is 3. The number of halogens is 1. The maximum atomic E-state index is 6.74. The molecule has 1 aromatic carbocycles. The van der Waals surface area contributed by atoms with Gasteiger partial charge in [-0.1, -0.05) is 15.9 Å². The third-order valence-corrected chi connectivity index (χ3v) is 5.70. The first-order chi connectivity index (χ1) is 12.6. The van der Waals surface area contributed by atoms with Crippen LogP contribution in [0.25, 0.3) is 22.1 Å². The van der Waals surface area contributed by atoms with Gasteiger partial charge in [-0.2, -0.15) is 0 Å². The molecule has 0 bridgehead atoms. The van der Waals surface area contributed by atoms with Crippen LogP contribution in [0, 0.1) is 0 Å². The Morgan fingerprint density at radius 3 is 2.85 bits per heavy atom. The topological polar surface area (TPSA) is 99.5 Å². The average Bonchev–Trinajstić information content (AvgIpc) is 3.28. The number of fused-ring (bicyclic) bond motifs is 2. The third kappa shape index (κ3) is 2.48. The van der Waals surface area contributed by atoms with Crippen LogP contribution in [0.3, 0.4) is 0 Å². The highest BCUT2D eigenvalue weighted by Gasteiger charge is 2.36. The van der Waals surface area contributed by atoms with Crippen molar-refractivity contribution in [2.75, 3.05) is 18.0 Å². The molecule has 0 unspecified atom stereocenters. The summed E-state index contributed by atoms with van der Waals surface area (Å²) in [5, 5.41) is 1.05. The number of anilines is 1. The van der Waals surface area contributed by atoms with Crippen molar-refractivity contribution >= 4 is 43.8 Å². The van der Waals surface area contributed by atoms with Crippen LogP contribution in [-0.4, -0.2) is 38.0 Å². The second-order valence-electron chi connectivity index (χ2n) is 6.83. The lowest BCUT2D eigenvalue weighted by atomic mass is 9.88. The van der Waals surface area contributed by atoms with Crippen molar-refractivity contribution in [3.8, 4) is 0 Å². The number of benzene rings is 1. The van der Waals surface area contributed by atoms with Gasteiger partial charge in [0.25, 0.3) is 0 Å². The van der Waals surface area contributed by atoms with Gasteiger partial charge in [0.2, 0.25) is 0 Å². The smallest absolute Gasteiger partial charge is 0.142 e. The lowest BCUT2D eigenvalue weighted by molar-refractivity contribution is 0.327. The van der Waals surface area contributed by atoms with Crippen molar-refractivity contribution in [1.82, 2.24) is 24.9 Å². The molecule has 1 fully saturated rings. The molecule has 4 heterocycles. The molecule has 5 rings (SSSR count). The largest absolute Gasteiger partial charge is 0.356 e. The average molecular weight is 412 g/mol. The summed E-state index contributed by atoms with van der Waals surface area (Å²) in [5.41, 5.74) is 9.11. The molecule has 132 valence electrons. The van der Waals surface area contributed by atoms with Gasteiger partial charge in [0.1, 0.15) is 23.6 Å². The number of hydrogen-bond acceptors (Lipinski definition) is 5. The molecule has 0 saturated carbocycles. The standard InChI is InChI=1S/C18H18BrN7/c19-11-1-2-13-14(9-11)25-17(24-13)18(20)4-7-26(8-5-18)16-12-3-6-21-15(12)22-10-23-16/h1-3,6,9-10H,4-5,7-8,20H2,(H,24,25)(H,21,22,23). The van der Waals surface area contributed by atoms with Crippen LogP contribution < -0.4 is 10.6 Å². The molecule has 26 heavy (non-hydrogen) atoms. The highest BCUT2D eigenvalue weighted by molar-refractivity contribution is 9.10. The maximum absolute atomic E-state index is 6.74. The van der Waals surface area contributed by atoms with Crippen molar-refractivity contribution < 1.29 is 0 Å². The van der Waals surface area contributed by atoms with E-state index >= 15 is 0 Å². The molecule has 0 spiro atoms. The van der Waals surface area contributed by atoms with E-state index in [9.17, 15) is 0 Å². The van der Waals surface area contributed by atoms with Crippen LogP contribution >= 0.6 is 15.9 Å². The molecular formula is C18H18BrN7. The number of nitrogens with two attached hydrogens (primary N) is 1. The molecule has 7 nitrogen and oxygen atoms in total. The molecule has 3 aromatic heterocycles. The summed E-state index contributed by atoms with van der Waals surface area (Å²) in [6, 6.07) is 8.05. The quantitative estimate of drug-likeness (QED) is 0.470. The fourth-order valence-corrected chi connectivity index (χ4v) is 4.04. The summed E-state index contributed by atoms with van der Waals surface area (Å²) in [5.74, 6) is 1.83. The molecule has 4 N–H and O–H groups in total. The van der Waals surface area contributed by atoms with Gasteiger partial charge in [-0.25, -0.2) is 15.0 Å². The number of aromatic amines is 2. The summed E-state index contributed by atoms with van der Waals surface area (Å²) in [6.07, 6.45) is 5.12. The number of rotatable bonds is 2. The molecule has 8 heteroatoms. The van der Waals surface area contributed by atoms with Crippen molar-refractivity contribution in [2.45, 2.75) is 18.4 Å². The van der Waals surface area contributed by atoms with Crippen LogP contribution in [0.15, 0.2) is 41.3 Å². The number of nitrogens with zero attached hydrogens (tertiary/aromatic N) is 4. The zero-order chi connectivity index (χ0) is 17.7. The van der Waals surface area contributed by atoms with Gasteiger partial charge >= 0.3 is 0 Å². The molecule has 1 saturated heterocycles. The minimum absolute atomic E-state index is 0.452. The van der Waals surface area contributed by atoms with Gasteiger partial charge in [0.15, 0.2) is 0 Å². The van der Waals surface area contributed by atoms with Gasteiger partial charge < -0.3 is 20.6 Å². The molecule has 0 radical (unpaired) electrons. The van der Waals surface area contributed by atoms with Crippen molar-refractivity contribution in [3.63, 3.8) is 0 Å². The normalized spacial score (nSPS) is 17.2. The van der Waals surface area contributed by atoms with Crippen LogP contribution in [0.4, 0.5) is 5.82 Å². The Kier molecular flexibility index (Phi) is 3.51. The van der Waals surface area contributed by atoms with E-state index in [2.05, 4.69) is 40.8 Å². The van der Waals surface area contributed by atoms with Gasteiger partial charge in [-0.3, -0.25) is 0 Å². The maximum Gasteiger partial charge on any atom is 0.142 e. The zero-order valence-electron chi connectivity index (χ0n) is 14.0. The fourth-order valence-electron chi connectivity index (χ4n) is 3.68.